The Hall–Kier alpha value is -1.96. The van der Waals surface area contributed by atoms with Crippen molar-refractivity contribution in [3.05, 3.63) is 30.1 Å². The molecule has 1 aromatic rings. The Morgan fingerprint density at radius 2 is 2.00 bits per heavy atom. The Morgan fingerprint density at radius 3 is 2.56 bits per heavy atom. The lowest BCUT2D eigenvalue weighted by atomic mass is 10.1. The lowest BCUT2D eigenvalue weighted by molar-refractivity contribution is -0.137. The molecule has 0 bridgehead atoms. The molecule has 2 amide bonds. The number of carbonyl (C=O) groups excluding carboxylic acids is 2. The maximum absolute atomic E-state index is 13.0. The smallest absolute Gasteiger partial charge is 0.228 e. The van der Waals surface area contributed by atoms with Gasteiger partial charge < -0.3 is 9.80 Å². The van der Waals surface area contributed by atoms with Gasteiger partial charge in [0.1, 0.15) is 5.82 Å². The number of anilines is 1. The monoisotopic (exact) mass is 368 g/mol. The molecule has 0 radical (unpaired) electrons. The van der Waals surface area contributed by atoms with E-state index >= 15 is 0 Å². The van der Waals surface area contributed by atoms with Crippen LogP contribution in [0.25, 0.3) is 0 Å². The molecular formula is C17H21FN2O4S. The Labute approximate surface area is 146 Å². The van der Waals surface area contributed by atoms with Crippen LogP contribution in [0.3, 0.4) is 0 Å². The molecule has 0 N–H and O–H groups in total. The lowest BCUT2D eigenvalue weighted by Gasteiger charge is -2.29. The minimum absolute atomic E-state index is 0.00504. The summed E-state index contributed by atoms with van der Waals surface area (Å²) in [5.74, 6) is -1.15. The van der Waals surface area contributed by atoms with Gasteiger partial charge in [0, 0.05) is 31.2 Å². The second-order valence-corrected chi connectivity index (χ2v) is 8.79. The molecule has 136 valence electrons. The predicted octanol–water partition coefficient (Wildman–Crippen LogP) is 1.21. The number of hydrogen-bond donors (Lipinski definition) is 0. The highest BCUT2D eigenvalue weighted by molar-refractivity contribution is 7.91. The van der Waals surface area contributed by atoms with E-state index in [1.165, 1.54) is 29.2 Å². The number of nitrogens with zero attached hydrogens (tertiary/aromatic N) is 2. The van der Waals surface area contributed by atoms with Crippen molar-refractivity contribution in [3.63, 3.8) is 0 Å². The van der Waals surface area contributed by atoms with E-state index < -0.39 is 15.8 Å². The highest BCUT2D eigenvalue weighted by atomic mass is 32.2. The SMILES string of the molecule is CCN(C(=O)C1CC(=O)N(c2ccc(F)cc2)C1)C1CCS(=O)(=O)C1. The molecule has 2 heterocycles. The summed E-state index contributed by atoms with van der Waals surface area (Å²) in [6.45, 7) is 2.47. The van der Waals surface area contributed by atoms with Crippen molar-refractivity contribution in [1.29, 1.82) is 0 Å². The third kappa shape index (κ3) is 3.68. The zero-order valence-corrected chi connectivity index (χ0v) is 14.8. The number of hydrogen-bond acceptors (Lipinski definition) is 4. The van der Waals surface area contributed by atoms with Gasteiger partial charge in [0.15, 0.2) is 9.84 Å². The van der Waals surface area contributed by atoms with E-state index in [1.807, 2.05) is 6.92 Å². The van der Waals surface area contributed by atoms with Crippen molar-refractivity contribution in [2.45, 2.75) is 25.8 Å². The summed E-state index contributed by atoms with van der Waals surface area (Å²) in [7, 11) is -3.08. The minimum Gasteiger partial charge on any atom is -0.339 e. The first kappa shape index (κ1) is 17.8. The highest BCUT2D eigenvalue weighted by Crippen LogP contribution is 2.28. The summed E-state index contributed by atoms with van der Waals surface area (Å²) >= 11 is 0. The summed E-state index contributed by atoms with van der Waals surface area (Å²) < 4.78 is 36.4. The van der Waals surface area contributed by atoms with Crippen LogP contribution < -0.4 is 4.90 Å². The van der Waals surface area contributed by atoms with Crippen LogP contribution in [0.1, 0.15) is 19.8 Å². The number of carbonyl (C=O) groups is 2. The minimum atomic E-state index is -3.08. The molecule has 2 aliphatic heterocycles. The fraction of sp³-hybridized carbons (Fsp3) is 0.529. The summed E-state index contributed by atoms with van der Waals surface area (Å²) in [5.41, 5.74) is 0.563. The zero-order valence-electron chi connectivity index (χ0n) is 14.0. The zero-order chi connectivity index (χ0) is 18.2. The van der Waals surface area contributed by atoms with Gasteiger partial charge >= 0.3 is 0 Å². The van der Waals surface area contributed by atoms with E-state index in [0.29, 0.717) is 18.7 Å². The maximum Gasteiger partial charge on any atom is 0.228 e. The predicted molar refractivity (Wildman–Crippen MR) is 91.3 cm³/mol. The first-order chi connectivity index (χ1) is 11.8. The van der Waals surface area contributed by atoms with Crippen molar-refractivity contribution in [2.24, 2.45) is 5.92 Å². The molecule has 25 heavy (non-hydrogen) atoms. The molecule has 8 heteroatoms. The largest absolute Gasteiger partial charge is 0.339 e. The van der Waals surface area contributed by atoms with Gasteiger partial charge in [0.25, 0.3) is 0 Å². The Balaban J connectivity index is 1.72. The fourth-order valence-corrected chi connectivity index (χ4v) is 5.32. The molecule has 0 spiro atoms. The molecule has 2 atom stereocenters. The van der Waals surface area contributed by atoms with Crippen LogP contribution in [0.4, 0.5) is 10.1 Å². The van der Waals surface area contributed by atoms with Gasteiger partial charge in [0.05, 0.1) is 17.4 Å². The summed E-state index contributed by atoms with van der Waals surface area (Å²) in [4.78, 5) is 28.2. The van der Waals surface area contributed by atoms with Crippen molar-refractivity contribution in [2.75, 3.05) is 29.5 Å². The molecule has 2 saturated heterocycles. The first-order valence-electron chi connectivity index (χ1n) is 8.37. The van der Waals surface area contributed by atoms with Crippen LogP contribution in [0, 0.1) is 11.7 Å². The Bertz CT molecular complexity index is 778. The van der Waals surface area contributed by atoms with E-state index in [0.717, 1.165) is 0 Å². The van der Waals surface area contributed by atoms with Crippen LogP contribution in [0.5, 0.6) is 0 Å². The number of rotatable bonds is 4. The van der Waals surface area contributed by atoms with Gasteiger partial charge in [-0.05, 0) is 37.6 Å². The first-order valence-corrected chi connectivity index (χ1v) is 10.2. The molecule has 2 unspecified atom stereocenters. The average molecular weight is 368 g/mol. The number of halogens is 1. The van der Waals surface area contributed by atoms with Crippen molar-refractivity contribution in [3.8, 4) is 0 Å². The third-order valence-corrected chi connectivity index (χ3v) is 6.64. The quantitative estimate of drug-likeness (QED) is 0.801. The lowest BCUT2D eigenvalue weighted by Crippen LogP contribution is -2.44. The average Bonchev–Trinajstić information content (AvgIpc) is 3.11. The van der Waals surface area contributed by atoms with Gasteiger partial charge in [-0.3, -0.25) is 9.59 Å². The van der Waals surface area contributed by atoms with Crippen LogP contribution in [0.2, 0.25) is 0 Å². The van der Waals surface area contributed by atoms with Crippen LogP contribution in [0.15, 0.2) is 24.3 Å². The van der Waals surface area contributed by atoms with Crippen molar-refractivity contribution in [1.82, 2.24) is 4.90 Å². The summed E-state index contributed by atoms with van der Waals surface area (Å²) in [5, 5.41) is 0. The number of sulfone groups is 1. The third-order valence-electron chi connectivity index (χ3n) is 4.89. The topological polar surface area (TPSA) is 74.8 Å². The molecule has 2 aliphatic rings. The van der Waals surface area contributed by atoms with E-state index in [9.17, 15) is 22.4 Å². The van der Waals surface area contributed by atoms with Gasteiger partial charge in [-0.25, -0.2) is 12.8 Å². The molecule has 3 rings (SSSR count). The standard InChI is InChI=1S/C17H21FN2O4S/c1-2-19(15-7-8-25(23,24)11-15)17(22)12-9-16(21)20(10-12)14-5-3-13(18)4-6-14/h3-6,12,15H,2,7-11H2,1H3. The molecular weight excluding hydrogens is 347 g/mol. The fourth-order valence-electron chi connectivity index (χ4n) is 3.59. The van der Waals surface area contributed by atoms with Gasteiger partial charge in [-0.1, -0.05) is 0 Å². The Kier molecular flexibility index (Phi) is 4.81. The second-order valence-electron chi connectivity index (χ2n) is 6.56. The normalized spacial score (nSPS) is 25.4. The molecule has 1 aromatic carbocycles. The van der Waals surface area contributed by atoms with Crippen LogP contribution in [-0.2, 0) is 19.4 Å². The van der Waals surface area contributed by atoms with Crippen LogP contribution >= 0.6 is 0 Å². The molecule has 0 aliphatic carbocycles. The highest BCUT2D eigenvalue weighted by Gasteiger charge is 2.41. The molecule has 6 nitrogen and oxygen atoms in total. The van der Waals surface area contributed by atoms with Gasteiger partial charge in [0.2, 0.25) is 11.8 Å². The number of benzene rings is 1. The van der Waals surface area contributed by atoms with E-state index in [2.05, 4.69) is 0 Å². The molecule has 0 aromatic heterocycles. The van der Waals surface area contributed by atoms with E-state index in [1.54, 1.807) is 4.90 Å². The van der Waals surface area contributed by atoms with Gasteiger partial charge in [-0.15, -0.1) is 0 Å². The van der Waals surface area contributed by atoms with E-state index in [4.69, 9.17) is 0 Å². The number of amides is 2. The van der Waals surface area contributed by atoms with Crippen molar-refractivity contribution >= 4 is 27.3 Å². The second kappa shape index (κ2) is 6.74. The summed E-state index contributed by atoms with van der Waals surface area (Å²) in [6, 6.07) is 5.28. The molecule has 0 saturated carbocycles. The Morgan fingerprint density at radius 1 is 1.32 bits per heavy atom. The van der Waals surface area contributed by atoms with E-state index in [-0.39, 0.29) is 48.1 Å². The molecule has 2 fully saturated rings. The maximum atomic E-state index is 13.0. The van der Waals surface area contributed by atoms with Crippen LogP contribution in [-0.4, -0.2) is 55.8 Å². The van der Waals surface area contributed by atoms with Crippen molar-refractivity contribution < 1.29 is 22.4 Å². The van der Waals surface area contributed by atoms with Gasteiger partial charge in [-0.2, -0.15) is 0 Å². The summed E-state index contributed by atoms with van der Waals surface area (Å²) in [6.07, 6.45) is 0.538.